The maximum Gasteiger partial charge on any atom is 0.0848 e. The Morgan fingerprint density at radius 1 is 1.50 bits per heavy atom. The van der Waals surface area contributed by atoms with Gasteiger partial charge in [0, 0.05) is 12.6 Å². The Balaban J connectivity index is 2.42. The molecule has 0 atom stereocenters. The molecule has 1 heterocycles. The number of nitrogens with zero attached hydrogens (tertiary/aromatic N) is 2. The average Bonchev–Trinajstić information content (AvgIpc) is 2.43. The Labute approximate surface area is 72.4 Å². The van der Waals surface area contributed by atoms with E-state index in [1.165, 1.54) is 5.57 Å². The first kappa shape index (κ1) is 7.47. The fourth-order valence-corrected chi connectivity index (χ4v) is 1.45. The highest BCUT2D eigenvalue weighted by molar-refractivity contribution is 5.57. The molecule has 62 valence electrons. The molecule has 2 heteroatoms. The quantitative estimate of drug-likeness (QED) is 0.628. The Bertz CT molecular complexity index is 340. The largest absolute Gasteiger partial charge is 0.254 e. The third-order valence-corrected chi connectivity index (χ3v) is 2.12. The number of aryl methyl sites for hydroxylation is 1. The minimum atomic E-state index is 0.972. The maximum absolute atomic E-state index is 4.51. The summed E-state index contributed by atoms with van der Waals surface area (Å²) in [5.74, 6) is 0. The summed E-state index contributed by atoms with van der Waals surface area (Å²) in [7, 11) is 0. The minimum absolute atomic E-state index is 0.972. The van der Waals surface area contributed by atoms with Crippen LogP contribution in [0.25, 0.3) is 6.08 Å². The molecular formula is C10H12N2. The zero-order valence-electron chi connectivity index (χ0n) is 7.46. The van der Waals surface area contributed by atoms with E-state index in [4.69, 9.17) is 0 Å². The van der Waals surface area contributed by atoms with Gasteiger partial charge in [0.15, 0.2) is 0 Å². The fourth-order valence-electron chi connectivity index (χ4n) is 1.45. The number of aromatic nitrogens is 2. The zero-order valence-corrected chi connectivity index (χ0v) is 7.46. The second kappa shape index (κ2) is 2.70. The number of hydrogen-bond acceptors (Lipinski definition) is 2. The van der Waals surface area contributed by atoms with Crippen LogP contribution in [-0.4, -0.2) is 9.97 Å². The SMILES string of the molecule is CCc1cnc2c(n1)CC(C)=C2. The Kier molecular flexibility index (Phi) is 1.68. The van der Waals surface area contributed by atoms with Gasteiger partial charge in [0.25, 0.3) is 0 Å². The lowest BCUT2D eigenvalue weighted by atomic mass is 10.2. The van der Waals surface area contributed by atoms with Crippen molar-refractivity contribution in [2.24, 2.45) is 0 Å². The van der Waals surface area contributed by atoms with E-state index >= 15 is 0 Å². The minimum Gasteiger partial charge on any atom is -0.254 e. The zero-order chi connectivity index (χ0) is 8.55. The molecule has 0 aromatic carbocycles. The first-order valence-electron chi connectivity index (χ1n) is 4.31. The van der Waals surface area contributed by atoms with Crippen molar-refractivity contribution in [2.75, 3.05) is 0 Å². The first-order chi connectivity index (χ1) is 5.79. The summed E-state index contributed by atoms with van der Waals surface area (Å²) in [6.07, 6.45) is 5.94. The van der Waals surface area contributed by atoms with Crippen molar-refractivity contribution in [2.45, 2.75) is 26.7 Å². The van der Waals surface area contributed by atoms with E-state index in [0.717, 1.165) is 29.9 Å². The van der Waals surface area contributed by atoms with Crippen molar-refractivity contribution in [3.8, 4) is 0 Å². The normalized spacial score (nSPS) is 14.3. The maximum atomic E-state index is 4.51. The summed E-state index contributed by atoms with van der Waals surface area (Å²) in [5, 5.41) is 0. The standard InChI is InChI=1S/C10H12N2/c1-3-8-6-11-9-4-7(2)5-10(9)12-8/h4,6H,3,5H2,1-2H3. The molecule has 0 N–H and O–H groups in total. The van der Waals surface area contributed by atoms with Crippen LogP contribution in [0.3, 0.4) is 0 Å². The smallest absolute Gasteiger partial charge is 0.0848 e. The van der Waals surface area contributed by atoms with E-state index in [1.807, 2.05) is 6.20 Å². The summed E-state index contributed by atoms with van der Waals surface area (Å²) in [6, 6.07) is 0. The topological polar surface area (TPSA) is 25.8 Å². The second-order valence-corrected chi connectivity index (χ2v) is 3.21. The van der Waals surface area contributed by atoms with Crippen LogP contribution in [0, 0.1) is 0 Å². The molecule has 0 fully saturated rings. The van der Waals surface area contributed by atoms with Gasteiger partial charge in [-0.2, -0.15) is 0 Å². The van der Waals surface area contributed by atoms with E-state index in [1.54, 1.807) is 0 Å². The van der Waals surface area contributed by atoms with Gasteiger partial charge in [0.05, 0.1) is 17.1 Å². The molecule has 0 saturated carbocycles. The second-order valence-electron chi connectivity index (χ2n) is 3.21. The molecule has 0 unspecified atom stereocenters. The number of allylic oxidation sites excluding steroid dienone is 1. The van der Waals surface area contributed by atoms with Crippen molar-refractivity contribution < 1.29 is 0 Å². The van der Waals surface area contributed by atoms with Gasteiger partial charge in [0.2, 0.25) is 0 Å². The van der Waals surface area contributed by atoms with Crippen LogP contribution in [-0.2, 0) is 12.8 Å². The third kappa shape index (κ3) is 1.13. The van der Waals surface area contributed by atoms with E-state index in [2.05, 4.69) is 29.9 Å². The molecule has 0 spiro atoms. The predicted octanol–water partition coefficient (Wildman–Crippen LogP) is 2.00. The van der Waals surface area contributed by atoms with Crippen LogP contribution in [0.4, 0.5) is 0 Å². The van der Waals surface area contributed by atoms with Crippen LogP contribution in [0.1, 0.15) is 30.9 Å². The molecule has 1 aliphatic carbocycles. The number of fused-ring (bicyclic) bond motifs is 1. The molecule has 12 heavy (non-hydrogen) atoms. The van der Waals surface area contributed by atoms with Crippen molar-refractivity contribution in [1.82, 2.24) is 9.97 Å². The van der Waals surface area contributed by atoms with Crippen LogP contribution < -0.4 is 0 Å². The van der Waals surface area contributed by atoms with Crippen LogP contribution in [0.15, 0.2) is 11.8 Å². The Hall–Kier alpha value is -1.18. The lowest BCUT2D eigenvalue weighted by Gasteiger charge is -1.99. The molecule has 0 radical (unpaired) electrons. The molecule has 1 aliphatic rings. The monoisotopic (exact) mass is 160 g/mol. The molecule has 2 nitrogen and oxygen atoms in total. The highest BCUT2D eigenvalue weighted by Crippen LogP contribution is 2.20. The number of rotatable bonds is 1. The lowest BCUT2D eigenvalue weighted by Crippen LogP contribution is -1.96. The van der Waals surface area contributed by atoms with E-state index in [-0.39, 0.29) is 0 Å². The van der Waals surface area contributed by atoms with Gasteiger partial charge in [-0.3, -0.25) is 9.97 Å². The third-order valence-electron chi connectivity index (χ3n) is 2.12. The Morgan fingerprint density at radius 2 is 2.33 bits per heavy atom. The average molecular weight is 160 g/mol. The van der Waals surface area contributed by atoms with Crippen molar-refractivity contribution in [3.63, 3.8) is 0 Å². The van der Waals surface area contributed by atoms with Gasteiger partial charge in [-0.25, -0.2) is 0 Å². The lowest BCUT2D eigenvalue weighted by molar-refractivity contribution is 0.940. The van der Waals surface area contributed by atoms with Crippen molar-refractivity contribution in [3.05, 3.63) is 28.9 Å². The van der Waals surface area contributed by atoms with Gasteiger partial charge < -0.3 is 0 Å². The summed E-state index contributed by atoms with van der Waals surface area (Å²) < 4.78 is 0. The molecule has 2 rings (SSSR count). The van der Waals surface area contributed by atoms with Gasteiger partial charge in [-0.15, -0.1) is 0 Å². The molecule has 0 bridgehead atoms. The fraction of sp³-hybridized carbons (Fsp3) is 0.400. The van der Waals surface area contributed by atoms with Crippen LogP contribution in [0.5, 0.6) is 0 Å². The van der Waals surface area contributed by atoms with E-state index in [9.17, 15) is 0 Å². The molecule has 0 saturated heterocycles. The Morgan fingerprint density at radius 3 is 3.08 bits per heavy atom. The van der Waals surface area contributed by atoms with E-state index in [0.29, 0.717) is 0 Å². The molecule has 1 aromatic heterocycles. The van der Waals surface area contributed by atoms with Crippen LogP contribution >= 0.6 is 0 Å². The summed E-state index contributed by atoms with van der Waals surface area (Å²) in [6.45, 7) is 4.22. The highest BCUT2D eigenvalue weighted by atomic mass is 14.8. The van der Waals surface area contributed by atoms with Gasteiger partial charge >= 0.3 is 0 Å². The summed E-state index contributed by atoms with van der Waals surface area (Å²) in [4.78, 5) is 8.85. The molecule has 1 aromatic rings. The highest BCUT2D eigenvalue weighted by Gasteiger charge is 2.11. The summed E-state index contributed by atoms with van der Waals surface area (Å²) >= 11 is 0. The predicted molar refractivity (Wildman–Crippen MR) is 48.8 cm³/mol. The van der Waals surface area contributed by atoms with Gasteiger partial charge in [-0.05, 0) is 19.4 Å². The molecule has 0 aliphatic heterocycles. The van der Waals surface area contributed by atoms with Gasteiger partial charge in [0.1, 0.15) is 0 Å². The molecule has 0 amide bonds. The van der Waals surface area contributed by atoms with Crippen molar-refractivity contribution >= 4 is 6.08 Å². The first-order valence-corrected chi connectivity index (χ1v) is 4.31. The van der Waals surface area contributed by atoms with Gasteiger partial charge in [-0.1, -0.05) is 12.5 Å². The molecular weight excluding hydrogens is 148 g/mol. The van der Waals surface area contributed by atoms with E-state index < -0.39 is 0 Å². The number of hydrogen-bond donors (Lipinski definition) is 0. The van der Waals surface area contributed by atoms with Crippen molar-refractivity contribution in [1.29, 1.82) is 0 Å². The van der Waals surface area contributed by atoms with Crippen LogP contribution in [0.2, 0.25) is 0 Å². The summed E-state index contributed by atoms with van der Waals surface area (Å²) in [5.41, 5.74) is 4.66.